The lowest BCUT2D eigenvalue weighted by molar-refractivity contribution is 0.0925. The van der Waals surface area contributed by atoms with Crippen LogP contribution in [0.4, 0.5) is 0 Å². The van der Waals surface area contributed by atoms with Crippen molar-refractivity contribution in [2.75, 3.05) is 19.7 Å². The zero-order chi connectivity index (χ0) is 15.1. The third kappa shape index (κ3) is 5.05. The summed E-state index contributed by atoms with van der Waals surface area (Å²) >= 11 is 0. The lowest BCUT2D eigenvalue weighted by Crippen LogP contribution is -2.48. The molecule has 0 saturated carbocycles. The van der Waals surface area contributed by atoms with Crippen LogP contribution in [0.25, 0.3) is 0 Å². The van der Waals surface area contributed by atoms with Crippen LogP contribution in [0.1, 0.15) is 43.5 Å². The molecular formula is C17H26N2O2. The van der Waals surface area contributed by atoms with Crippen molar-refractivity contribution < 1.29 is 9.53 Å². The molecule has 1 aromatic rings. The van der Waals surface area contributed by atoms with Crippen LogP contribution in [0.2, 0.25) is 0 Å². The van der Waals surface area contributed by atoms with E-state index in [0.717, 1.165) is 44.7 Å². The van der Waals surface area contributed by atoms with Crippen LogP contribution in [0.5, 0.6) is 5.75 Å². The second kappa shape index (κ2) is 8.03. The van der Waals surface area contributed by atoms with Crippen LogP contribution in [-0.2, 0) is 0 Å². The van der Waals surface area contributed by atoms with Gasteiger partial charge in [0.15, 0.2) is 0 Å². The van der Waals surface area contributed by atoms with E-state index in [0.29, 0.717) is 11.5 Å². The number of hydrogen-bond acceptors (Lipinski definition) is 3. The Morgan fingerprint density at radius 2 is 2.10 bits per heavy atom. The van der Waals surface area contributed by atoms with Crippen molar-refractivity contribution in [3.63, 3.8) is 0 Å². The Hall–Kier alpha value is -1.55. The first kappa shape index (κ1) is 15.8. The number of rotatable bonds is 6. The Labute approximate surface area is 127 Å². The fourth-order valence-corrected chi connectivity index (χ4v) is 2.57. The molecule has 4 nitrogen and oxygen atoms in total. The number of nitrogens with one attached hydrogen (secondary N) is 2. The van der Waals surface area contributed by atoms with Crippen molar-refractivity contribution >= 4 is 5.91 Å². The number of piperidine rings is 1. The molecule has 1 saturated heterocycles. The standard InChI is InChI=1S/C17H26N2O2/c1-3-4-9-21-16-7-5-14(6-8-16)17(20)19-15-10-13(2)11-18-12-15/h5-8,13,15,18H,3-4,9-12H2,1-2H3,(H,19,20). The van der Waals surface area contributed by atoms with Crippen LogP contribution in [-0.4, -0.2) is 31.6 Å². The van der Waals surface area contributed by atoms with E-state index in [4.69, 9.17) is 4.74 Å². The summed E-state index contributed by atoms with van der Waals surface area (Å²) in [7, 11) is 0. The fraction of sp³-hybridized carbons (Fsp3) is 0.588. The van der Waals surface area contributed by atoms with Gasteiger partial charge in [0.2, 0.25) is 0 Å². The van der Waals surface area contributed by atoms with Crippen LogP contribution in [0.3, 0.4) is 0 Å². The summed E-state index contributed by atoms with van der Waals surface area (Å²) in [5.41, 5.74) is 0.691. The van der Waals surface area contributed by atoms with Gasteiger partial charge in [0.1, 0.15) is 5.75 Å². The number of ether oxygens (including phenoxy) is 1. The number of hydrogen-bond donors (Lipinski definition) is 2. The van der Waals surface area contributed by atoms with E-state index >= 15 is 0 Å². The maximum absolute atomic E-state index is 12.2. The van der Waals surface area contributed by atoms with Gasteiger partial charge in [0.25, 0.3) is 5.91 Å². The normalized spacial score (nSPS) is 21.8. The highest BCUT2D eigenvalue weighted by Crippen LogP contribution is 2.14. The minimum Gasteiger partial charge on any atom is -0.494 e. The van der Waals surface area contributed by atoms with Gasteiger partial charge in [-0.1, -0.05) is 20.3 Å². The van der Waals surface area contributed by atoms with Crippen LogP contribution in [0, 0.1) is 5.92 Å². The van der Waals surface area contributed by atoms with E-state index in [1.165, 1.54) is 0 Å². The minimum absolute atomic E-state index is 0.00370. The number of amides is 1. The SMILES string of the molecule is CCCCOc1ccc(C(=O)NC2CNCC(C)C2)cc1. The van der Waals surface area contributed by atoms with Gasteiger partial charge in [-0.3, -0.25) is 4.79 Å². The van der Waals surface area contributed by atoms with Crippen molar-refractivity contribution in [1.82, 2.24) is 10.6 Å². The van der Waals surface area contributed by atoms with Gasteiger partial charge in [0, 0.05) is 18.2 Å². The molecule has 2 atom stereocenters. The van der Waals surface area contributed by atoms with Gasteiger partial charge >= 0.3 is 0 Å². The maximum Gasteiger partial charge on any atom is 0.251 e. The summed E-state index contributed by atoms with van der Waals surface area (Å²) in [5.74, 6) is 1.43. The Bertz CT molecular complexity index is 445. The molecule has 2 unspecified atom stereocenters. The van der Waals surface area contributed by atoms with Crippen LogP contribution >= 0.6 is 0 Å². The van der Waals surface area contributed by atoms with E-state index in [1.54, 1.807) is 0 Å². The molecule has 0 radical (unpaired) electrons. The first-order valence-corrected chi connectivity index (χ1v) is 7.93. The molecule has 1 fully saturated rings. The van der Waals surface area contributed by atoms with E-state index in [-0.39, 0.29) is 11.9 Å². The monoisotopic (exact) mass is 290 g/mol. The summed E-state index contributed by atoms with van der Waals surface area (Å²) in [5, 5.41) is 6.44. The zero-order valence-electron chi connectivity index (χ0n) is 13.0. The predicted molar refractivity (Wildman–Crippen MR) is 84.7 cm³/mol. The Morgan fingerprint density at radius 1 is 1.33 bits per heavy atom. The maximum atomic E-state index is 12.2. The molecule has 21 heavy (non-hydrogen) atoms. The van der Waals surface area contributed by atoms with Gasteiger partial charge in [-0.05, 0) is 49.6 Å². The first-order valence-electron chi connectivity index (χ1n) is 7.93. The van der Waals surface area contributed by atoms with Crippen molar-refractivity contribution in [3.8, 4) is 5.75 Å². The summed E-state index contributed by atoms with van der Waals surface area (Å²) < 4.78 is 5.60. The average Bonchev–Trinajstić information content (AvgIpc) is 2.48. The molecule has 4 heteroatoms. The summed E-state index contributed by atoms with van der Waals surface area (Å²) in [6.07, 6.45) is 3.21. The molecule has 1 aromatic carbocycles. The highest BCUT2D eigenvalue weighted by molar-refractivity contribution is 5.94. The molecule has 0 aliphatic carbocycles. The molecule has 1 heterocycles. The lowest BCUT2D eigenvalue weighted by Gasteiger charge is -2.28. The number of unbranched alkanes of at least 4 members (excludes halogenated alkanes) is 1. The molecule has 1 aliphatic heterocycles. The van der Waals surface area contributed by atoms with Gasteiger partial charge in [-0.25, -0.2) is 0 Å². The summed E-state index contributed by atoms with van der Waals surface area (Å²) in [6, 6.07) is 7.62. The topological polar surface area (TPSA) is 50.4 Å². The Kier molecular flexibility index (Phi) is 6.05. The second-order valence-corrected chi connectivity index (χ2v) is 5.90. The van der Waals surface area contributed by atoms with Crippen LogP contribution in [0.15, 0.2) is 24.3 Å². The second-order valence-electron chi connectivity index (χ2n) is 5.90. The molecule has 1 aliphatic rings. The minimum atomic E-state index is -0.00370. The predicted octanol–water partition coefficient (Wildman–Crippen LogP) is 2.59. The van der Waals surface area contributed by atoms with E-state index in [9.17, 15) is 4.79 Å². The fourth-order valence-electron chi connectivity index (χ4n) is 2.57. The van der Waals surface area contributed by atoms with Crippen LogP contribution < -0.4 is 15.4 Å². The van der Waals surface area contributed by atoms with Gasteiger partial charge < -0.3 is 15.4 Å². The Morgan fingerprint density at radius 3 is 2.76 bits per heavy atom. The summed E-state index contributed by atoms with van der Waals surface area (Å²) in [6.45, 7) is 6.96. The Balaban J connectivity index is 1.84. The molecule has 0 spiro atoms. The average molecular weight is 290 g/mol. The summed E-state index contributed by atoms with van der Waals surface area (Å²) in [4.78, 5) is 12.2. The largest absolute Gasteiger partial charge is 0.494 e. The van der Waals surface area contributed by atoms with Gasteiger partial charge in [-0.2, -0.15) is 0 Å². The van der Waals surface area contributed by atoms with Gasteiger partial charge in [-0.15, -0.1) is 0 Å². The zero-order valence-corrected chi connectivity index (χ0v) is 13.0. The molecule has 116 valence electrons. The van der Waals surface area contributed by atoms with Crippen molar-refractivity contribution in [1.29, 1.82) is 0 Å². The molecular weight excluding hydrogens is 264 g/mol. The van der Waals surface area contributed by atoms with Crippen molar-refractivity contribution in [2.45, 2.75) is 39.2 Å². The van der Waals surface area contributed by atoms with Crippen molar-refractivity contribution in [3.05, 3.63) is 29.8 Å². The molecule has 2 N–H and O–H groups in total. The lowest BCUT2D eigenvalue weighted by atomic mass is 9.97. The van der Waals surface area contributed by atoms with E-state index < -0.39 is 0 Å². The number of carbonyl (C=O) groups is 1. The van der Waals surface area contributed by atoms with E-state index in [1.807, 2.05) is 24.3 Å². The van der Waals surface area contributed by atoms with E-state index in [2.05, 4.69) is 24.5 Å². The quantitative estimate of drug-likeness (QED) is 0.792. The van der Waals surface area contributed by atoms with Gasteiger partial charge in [0.05, 0.1) is 6.61 Å². The first-order chi connectivity index (χ1) is 10.2. The number of benzene rings is 1. The third-order valence-corrected chi connectivity index (χ3v) is 3.79. The molecule has 0 aromatic heterocycles. The molecule has 0 bridgehead atoms. The van der Waals surface area contributed by atoms with Crippen molar-refractivity contribution in [2.24, 2.45) is 5.92 Å². The smallest absolute Gasteiger partial charge is 0.251 e. The molecule has 2 rings (SSSR count). The number of carbonyl (C=O) groups excluding carboxylic acids is 1. The highest BCUT2D eigenvalue weighted by atomic mass is 16.5. The highest BCUT2D eigenvalue weighted by Gasteiger charge is 2.20. The third-order valence-electron chi connectivity index (χ3n) is 3.79. The molecule has 1 amide bonds.